The van der Waals surface area contributed by atoms with Crippen LogP contribution in [0.2, 0.25) is 0 Å². The number of hydrogen-bond donors (Lipinski definition) is 1. The summed E-state index contributed by atoms with van der Waals surface area (Å²) in [5.74, 6) is 2.13. The zero-order valence-corrected chi connectivity index (χ0v) is 9.91. The molecule has 1 aliphatic carbocycles. The maximum absolute atomic E-state index is 3.56. The van der Waals surface area contributed by atoms with Crippen molar-refractivity contribution < 1.29 is 0 Å². The standard InChI is InChI=1S/C13H24N2/c1-10-7-13(5-6-14-10)15-8-11-3-2-4-12(11)9-15/h10-14H,2-9H2,1H3. The fourth-order valence-electron chi connectivity index (χ4n) is 4.01. The van der Waals surface area contributed by atoms with Gasteiger partial charge in [-0.05, 0) is 51.0 Å². The molecule has 0 bridgehead atoms. The van der Waals surface area contributed by atoms with Crippen molar-refractivity contribution in [2.45, 2.75) is 51.1 Å². The molecule has 0 radical (unpaired) electrons. The monoisotopic (exact) mass is 208 g/mol. The van der Waals surface area contributed by atoms with Gasteiger partial charge in [0.15, 0.2) is 0 Å². The van der Waals surface area contributed by atoms with Crippen LogP contribution in [0.3, 0.4) is 0 Å². The molecule has 2 nitrogen and oxygen atoms in total. The van der Waals surface area contributed by atoms with Crippen LogP contribution >= 0.6 is 0 Å². The quantitative estimate of drug-likeness (QED) is 0.707. The Kier molecular flexibility index (Phi) is 2.73. The van der Waals surface area contributed by atoms with E-state index in [0.29, 0.717) is 0 Å². The van der Waals surface area contributed by atoms with Crippen molar-refractivity contribution in [3.05, 3.63) is 0 Å². The van der Waals surface area contributed by atoms with Crippen LogP contribution in [-0.4, -0.2) is 36.6 Å². The Balaban J connectivity index is 1.59. The van der Waals surface area contributed by atoms with Gasteiger partial charge < -0.3 is 5.32 Å². The van der Waals surface area contributed by atoms with Gasteiger partial charge in [0, 0.05) is 25.2 Å². The first-order valence-corrected chi connectivity index (χ1v) is 6.80. The average Bonchev–Trinajstić information content (AvgIpc) is 2.76. The minimum atomic E-state index is 0.740. The van der Waals surface area contributed by atoms with E-state index in [2.05, 4.69) is 17.1 Å². The Labute approximate surface area is 93.4 Å². The van der Waals surface area contributed by atoms with Gasteiger partial charge in [0.2, 0.25) is 0 Å². The number of fused-ring (bicyclic) bond motifs is 1. The van der Waals surface area contributed by atoms with E-state index in [0.717, 1.165) is 23.9 Å². The number of piperidine rings is 1. The van der Waals surface area contributed by atoms with Crippen molar-refractivity contribution in [3.63, 3.8) is 0 Å². The highest BCUT2D eigenvalue weighted by atomic mass is 15.2. The number of nitrogens with zero attached hydrogens (tertiary/aromatic N) is 1. The Morgan fingerprint density at radius 3 is 2.47 bits per heavy atom. The second-order valence-corrected chi connectivity index (χ2v) is 5.94. The summed E-state index contributed by atoms with van der Waals surface area (Å²) >= 11 is 0. The summed E-state index contributed by atoms with van der Waals surface area (Å²) in [7, 11) is 0. The molecular formula is C13H24N2. The molecular weight excluding hydrogens is 184 g/mol. The predicted molar refractivity (Wildman–Crippen MR) is 62.9 cm³/mol. The van der Waals surface area contributed by atoms with Gasteiger partial charge in [-0.2, -0.15) is 0 Å². The summed E-state index contributed by atoms with van der Waals surface area (Å²) in [5.41, 5.74) is 0. The number of hydrogen-bond acceptors (Lipinski definition) is 2. The minimum Gasteiger partial charge on any atom is -0.314 e. The summed E-state index contributed by atoms with van der Waals surface area (Å²) in [5, 5.41) is 3.56. The van der Waals surface area contributed by atoms with Gasteiger partial charge in [-0.3, -0.25) is 4.90 Å². The van der Waals surface area contributed by atoms with E-state index in [9.17, 15) is 0 Å². The van der Waals surface area contributed by atoms with Crippen LogP contribution in [0.4, 0.5) is 0 Å². The topological polar surface area (TPSA) is 15.3 Å². The SMILES string of the molecule is CC1CC(N2CC3CCCC3C2)CCN1. The molecule has 2 aliphatic heterocycles. The zero-order valence-electron chi connectivity index (χ0n) is 9.91. The molecule has 1 saturated carbocycles. The first-order valence-electron chi connectivity index (χ1n) is 6.80. The molecule has 2 saturated heterocycles. The predicted octanol–water partition coefficient (Wildman–Crippen LogP) is 1.86. The fourth-order valence-corrected chi connectivity index (χ4v) is 4.01. The lowest BCUT2D eigenvalue weighted by atomic mass is 9.99. The van der Waals surface area contributed by atoms with Crippen LogP contribution in [-0.2, 0) is 0 Å². The fraction of sp³-hybridized carbons (Fsp3) is 1.00. The highest BCUT2D eigenvalue weighted by Crippen LogP contribution is 2.39. The molecule has 1 N–H and O–H groups in total. The van der Waals surface area contributed by atoms with Gasteiger partial charge in [-0.1, -0.05) is 6.42 Å². The van der Waals surface area contributed by atoms with Gasteiger partial charge in [-0.15, -0.1) is 0 Å². The third-order valence-corrected chi connectivity index (χ3v) is 4.87. The Morgan fingerprint density at radius 2 is 1.80 bits per heavy atom. The van der Waals surface area contributed by atoms with Gasteiger partial charge in [0.1, 0.15) is 0 Å². The van der Waals surface area contributed by atoms with E-state index in [-0.39, 0.29) is 0 Å². The van der Waals surface area contributed by atoms with Gasteiger partial charge in [0.25, 0.3) is 0 Å². The van der Waals surface area contributed by atoms with E-state index in [4.69, 9.17) is 0 Å². The average molecular weight is 208 g/mol. The Morgan fingerprint density at radius 1 is 1.07 bits per heavy atom. The van der Waals surface area contributed by atoms with Crippen LogP contribution in [0.1, 0.15) is 39.0 Å². The third-order valence-electron chi connectivity index (χ3n) is 4.87. The van der Waals surface area contributed by atoms with E-state index in [1.54, 1.807) is 0 Å². The molecule has 2 heteroatoms. The molecule has 4 atom stereocenters. The first-order chi connectivity index (χ1) is 7.33. The molecule has 4 unspecified atom stereocenters. The second-order valence-electron chi connectivity index (χ2n) is 5.94. The van der Waals surface area contributed by atoms with Crippen molar-refractivity contribution in [2.24, 2.45) is 11.8 Å². The molecule has 3 fully saturated rings. The molecule has 0 spiro atoms. The highest BCUT2D eigenvalue weighted by molar-refractivity contribution is 4.93. The maximum atomic E-state index is 3.56. The van der Waals surface area contributed by atoms with Crippen molar-refractivity contribution in [1.29, 1.82) is 0 Å². The maximum Gasteiger partial charge on any atom is 0.0122 e. The van der Waals surface area contributed by atoms with Crippen LogP contribution < -0.4 is 5.32 Å². The summed E-state index contributed by atoms with van der Waals surface area (Å²) in [6, 6.07) is 1.64. The van der Waals surface area contributed by atoms with Crippen LogP contribution in [0.15, 0.2) is 0 Å². The molecule has 0 amide bonds. The first kappa shape index (κ1) is 10.1. The molecule has 3 rings (SSSR count). The molecule has 0 aromatic rings. The zero-order chi connectivity index (χ0) is 10.3. The summed E-state index contributed by atoms with van der Waals surface area (Å²) < 4.78 is 0. The van der Waals surface area contributed by atoms with Crippen molar-refractivity contribution in [3.8, 4) is 0 Å². The molecule has 0 aromatic heterocycles. The van der Waals surface area contributed by atoms with Crippen molar-refractivity contribution in [2.75, 3.05) is 19.6 Å². The van der Waals surface area contributed by atoms with Crippen molar-refractivity contribution >= 4 is 0 Å². The van der Waals surface area contributed by atoms with E-state index in [1.165, 1.54) is 51.7 Å². The van der Waals surface area contributed by atoms with E-state index >= 15 is 0 Å². The lowest BCUT2D eigenvalue weighted by Gasteiger charge is -2.35. The third kappa shape index (κ3) is 1.94. The van der Waals surface area contributed by atoms with Gasteiger partial charge >= 0.3 is 0 Å². The Hall–Kier alpha value is -0.0800. The summed E-state index contributed by atoms with van der Waals surface area (Å²) in [4.78, 5) is 2.81. The van der Waals surface area contributed by atoms with Crippen molar-refractivity contribution in [1.82, 2.24) is 10.2 Å². The molecule has 86 valence electrons. The minimum absolute atomic E-state index is 0.740. The largest absolute Gasteiger partial charge is 0.314 e. The molecule has 3 aliphatic rings. The highest BCUT2D eigenvalue weighted by Gasteiger charge is 2.39. The van der Waals surface area contributed by atoms with E-state index in [1.807, 2.05) is 0 Å². The summed E-state index contributed by atoms with van der Waals surface area (Å²) in [6.45, 7) is 6.41. The summed E-state index contributed by atoms with van der Waals surface area (Å²) in [6.07, 6.45) is 7.29. The van der Waals surface area contributed by atoms with E-state index < -0.39 is 0 Å². The lowest BCUT2D eigenvalue weighted by molar-refractivity contribution is 0.167. The van der Waals surface area contributed by atoms with Crippen LogP contribution in [0.5, 0.6) is 0 Å². The van der Waals surface area contributed by atoms with Gasteiger partial charge in [0.05, 0.1) is 0 Å². The number of likely N-dealkylation sites (tertiary alicyclic amines) is 1. The molecule has 2 heterocycles. The molecule has 0 aromatic carbocycles. The van der Waals surface area contributed by atoms with Crippen LogP contribution in [0, 0.1) is 11.8 Å². The normalized spacial score (nSPS) is 47.0. The number of nitrogens with one attached hydrogen (secondary N) is 1. The second kappa shape index (κ2) is 4.06. The number of rotatable bonds is 1. The molecule has 15 heavy (non-hydrogen) atoms. The lowest BCUT2D eigenvalue weighted by Crippen LogP contribution is -2.46. The van der Waals surface area contributed by atoms with Crippen LogP contribution in [0.25, 0.3) is 0 Å². The van der Waals surface area contributed by atoms with Gasteiger partial charge in [-0.25, -0.2) is 0 Å². The smallest absolute Gasteiger partial charge is 0.0122 e. The Bertz CT molecular complexity index is 217.